The molecule has 0 radical (unpaired) electrons. The second-order valence-corrected chi connectivity index (χ2v) is 7.95. The number of nitrogens with two attached hydrogens (primary N) is 1. The number of nitrogens with zero attached hydrogens (tertiary/aromatic N) is 2. The highest BCUT2D eigenvalue weighted by atomic mass is 35.5. The summed E-state index contributed by atoms with van der Waals surface area (Å²) in [5.41, 5.74) is 11.0. The summed E-state index contributed by atoms with van der Waals surface area (Å²) in [7, 11) is 0. The average molecular weight is 443 g/mol. The van der Waals surface area contributed by atoms with Crippen molar-refractivity contribution in [1.29, 1.82) is 0 Å². The molecule has 32 heavy (non-hydrogen) atoms. The Morgan fingerprint density at radius 2 is 1.59 bits per heavy atom. The zero-order valence-corrected chi connectivity index (χ0v) is 18.2. The van der Waals surface area contributed by atoms with E-state index in [0.717, 1.165) is 28.9 Å². The van der Waals surface area contributed by atoms with Gasteiger partial charge in [0.05, 0.1) is 24.0 Å². The zero-order valence-electron chi connectivity index (χ0n) is 17.5. The molecule has 0 bridgehead atoms. The normalized spacial score (nSPS) is 10.7. The van der Waals surface area contributed by atoms with Gasteiger partial charge in [0.25, 0.3) is 0 Å². The standard InChI is InChI=1S/C26H23ClN4O/c27-21-11-6-19(7-12-21)16-25(32)31-26-23(15-8-18-4-2-1-3-5-18)30-24(17-29-26)20-9-13-22(28)14-10-20/h1-7,9-14,17H,8,15-16,28H2,(H,29,31,32). The fourth-order valence-corrected chi connectivity index (χ4v) is 3.50. The molecule has 0 saturated heterocycles. The summed E-state index contributed by atoms with van der Waals surface area (Å²) >= 11 is 5.93. The minimum Gasteiger partial charge on any atom is -0.399 e. The molecule has 5 nitrogen and oxygen atoms in total. The largest absolute Gasteiger partial charge is 0.399 e. The molecule has 1 amide bonds. The van der Waals surface area contributed by atoms with Gasteiger partial charge in [0, 0.05) is 16.3 Å². The summed E-state index contributed by atoms with van der Waals surface area (Å²) in [6.45, 7) is 0. The van der Waals surface area contributed by atoms with Crippen LogP contribution in [0.25, 0.3) is 11.3 Å². The van der Waals surface area contributed by atoms with Crippen molar-refractivity contribution in [3.8, 4) is 11.3 Å². The molecule has 160 valence electrons. The molecule has 0 aliphatic carbocycles. The summed E-state index contributed by atoms with van der Waals surface area (Å²) in [4.78, 5) is 22.0. The van der Waals surface area contributed by atoms with Crippen LogP contribution < -0.4 is 11.1 Å². The van der Waals surface area contributed by atoms with Crippen LogP contribution in [0, 0.1) is 0 Å². The van der Waals surface area contributed by atoms with E-state index in [1.165, 1.54) is 5.56 Å². The van der Waals surface area contributed by atoms with Crippen LogP contribution in [0.2, 0.25) is 5.02 Å². The monoisotopic (exact) mass is 442 g/mol. The Labute approximate surface area is 192 Å². The van der Waals surface area contributed by atoms with Gasteiger partial charge in [-0.1, -0.05) is 66.2 Å². The molecule has 0 fully saturated rings. The fraction of sp³-hybridized carbons (Fsp3) is 0.115. The van der Waals surface area contributed by atoms with E-state index < -0.39 is 0 Å². The number of rotatable bonds is 7. The molecule has 4 aromatic rings. The number of aryl methyl sites for hydroxylation is 2. The predicted octanol–water partition coefficient (Wildman–Crippen LogP) is 5.35. The van der Waals surface area contributed by atoms with Gasteiger partial charge in [0.2, 0.25) is 5.91 Å². The molecular weight excluding hydrogens is 420 g/mol. The molecule has 0 aliphatic heterocycles. The molecular formula is C26H23ClN4O. The highest BCUT2D eigenvalue weighted by molar-refractivity contribution is 6.30. The van der Waals surface area contributed by atoms with Gasteiger partial charge < -0.3 is 11.1 Å². The van der Waals surface area contributed by atoms with E-state index in [2.05, 4.69) is 22.4 Å². The molecule has 0 unspecified atom stereocenters. The van der Waals surface area contributed by atoms with Crippen molar-refractivity contribution in [2.24, 2.45) is 0 Å². The Balaban J connectivity index is 1.56. The number of carbonyl (C=O) groups is 1. The fourth-order valence-electron chi connectivity index (χ4n) is 3.37. The number of aromatic nitrogens is 2. The maximum absolute atomic E-state index is 12.7. The van der Waals surface area contributed by atoms with Crippen LogP contribution >= 0.6 is 11.6 Å². The summed E-state index contributed by atoms with van der Waals surface area (Å²) in [5.74, 6) is 0.335. The molecule has 0 atom stereocenters. The number of amides is 1. The van der Waals surface area contributed by atoms with Gasteiger partial charge in [-0.2, -0.15) is 0 Å². The average Bonchev–Trinajstić information content (AvgIpc) is 2.81. The van der Waals surface area contributed by atoms with Gasteiger partial charge in [-0.15, -0.1) is 0 Å². The molecule has 3 N–H and O–H groups in total. The Morgan fingerprint density at radius 3 is 2.31 bits per heavy atom. The molecule has 4 rings (SSSR count). The van der Waals surface area contributed by atoms with E-state index >= 15 is 0 Å². The first-order valence-electron chi connectivity index (χ1n) is 10.4. The van der Waals surface area contributed by atoms with Crippen LogP contribution in [-0.2, 0) is 24.1 Å². The predicted molar refractivity (Wildman–Crippen MR) is 130 cm³/mol. The van der Waals surface area contributed by atoms with Gasteiger partial charge in [0.1, 0.15) is 0 Å². The lowest BCUT2D eigenvalue weighted by Crippen LogP contribution is -2.17. The van der Waals surface area contributed by atoms with E-state index in [-0.39, 0.29) is 12.3 Å². The third-order valence-electron chi connectivity index (χ3n) is 5.08. The zero-order chi connectivity index (χ0) is 22.3. The first-order chi connectivity index (χ1) is 15.6. The van der Waals surface area contributed by atoms with E-state index in [0.29, 0.717) is 22.9 Å². The molecule has 0 spiro atoms. The second-order valence-electron chi connectivity index (χ2n) is 7.51. The van der Waals surface area contributed by atoms with Crippen LogP contribution in [0.15, 0.2) is 85.1 Å². The second kappa shape index (κ2) is 10.1. The van der Waals surface area contributed by atoms with Crippen LogP contribution in [0.4, 0.5) is 11.5 Å². The van der Waals surface area contributed by atoms with Gasteiger partial charge >= 0.3 is 0 Å². The highest BCUT2D eigenvalue weighted by Gasteiger charge is 2.13. The van der Waals surface area contributed by atoms with Crippen LogP contribution in [0.5, 0.6) is 0 Å². The third kappa shape index (κ3) is 5.71. The molecule has 1 heterocycles. The number of nitrogens with one attached hydrogen (secondary N) is 1. The summed E-state index contributed by atoms with van der Waals surface area (Å²) < 4.78 is 0. The molecule has 0 aliphatic rings. The molecule has 3 aromatic carbocycles. The number of hydrogen-bond acceptors (Lipinski definition) is 4. The van der Waals surface area contributed by atoms with Crippen molar-refractivity contribution in [1.82, 2.24) is 9.97 Å². The van der Waals surface area contributed by atoms with Crippen molar-refractivity contribution < 1.29 is 4.79 Å². The first kappa shape index (κ1) is 21.5. The summed E-state index contributed by atoms with van der Waals surface area (Å²) in [6, 6.07) is 24.9. The van der Waals surface area contributed by atoms with E-state index in [9.17, 15) is 4.79 Å². The van der Waals surface area contributed by atoms with Crippen LogP contribution in [-0.4, -0.2) is 15.9 Å². The number of benzene rings is 3. The summed E-state index contributed by atoms with van der Waals surface area (Å²) in [6.07, 6.45) is 3.35. The van der Waals surface area contributed by atoms with E-state index in [4.69, 9.17) is 22.3 Å². The molecule has 1 aromatic heterocycles. The number of hydrogen-bond donors (Lipinski definition) is 2. The Hall–Kier alpha value is -3.70. The van der Waals surface area contributed by atoms with Gasteiger partial charge in [0.15, 0.2) is 5.82 Å². The Morgan fingerprint density at radius 1 is 0.875 bits per heavy atom. The minimum atomic E-state index is -0.150. The van der Waals surface area contributed by atoms with Crippen molar-refractivity contribution in [2.75, 3.05) is 11.1 Å². The topological polar surface area (TPSA) is 80.9 Å². The van der Waals surface area contributed by atoms with Gasteiger partial charge in [-0.25, -0.2) is 9.97 Å². The molecule has 0 saturated carbocycles. The Kier molecular flexibility index (Phi) is 6.78. The summed E-state index contributed by atoms with van der Waals surface area (Å²) in [5, 5.41) is 3.57. The van der Waals surface area contributed by atoms with Crippen molar-refractivity contribution in [3.63, 3.8) is 0 Å². The number of anilines is 2. The van der Waals surface area contributed by atoms with E-state index in [1.54, 1.807) is 18.3 Å². The third-order valence-corrected chi connectivity index (χ3v) is 5.33. The maximum atomic E-state index is 12.7. The molecule has 6 heteroatoms. The highest BCUT2D eigenvalue weighted by Crippen LogP contribution is 2.22. The lowest BCUT2D eigenvalue weighted by atomic mass is 10.1. The number of carbonyl (C=O) groups excluding carboxylic acids is 1. The van der Waals surface area contributed by atoms with Crippen molar-refractivity contribution in [2.45, 2.75) is 19.3 Å². The van der Waals surface area contributed by atoms with Gasteiger partial charge in [-0.05, 0) is 48.2 Å². The first-order valence-corrected chi connectivity index (χ1v) is 10.7. The lowest BCUT2D eigenvalue weighted by molar-refractivity contribution is -0.115. The van der Waals surface area contributed by atoms with Crippen LogP contribution in [0.3, 0.4) is 0 Å². The quantitative estimate of drug-likeness (QED) is 0.378. The van der Waals surface area contributed by atoms with Gasteiger partial charge in [-0.3, -0.25) is 4.79 Å². The van der Waals surface area contributed by atoms with E-state index in [1.807, 2.05) is 54.6 Å². The maximum Gasteiger partial charge on any atom is 0.229 e. The van der Waals surface area contributed by atoms with Crippen molar-refractivity contribution >= 4 is 29.0 Å². The van der Waals surface area contributed by atoms with Crippen LogP contribution in [0.1, 0.15) is 16.8 Å². The smallest absolute Gasteiger partial charge is 0.229 e. The SMILES string of the molecule is Nc1ccc(-c2cnc(NC(=O)Cc3ccc(Cl)cc3)c(CCc3ccccc3)n2)cc1. The number of halogens is 1. The Bertz CT molecular complexity index is 1190. The number of nitrogen functional groups attached to an aromatic ring is 1. The van der Waals surface area contributed by atoms with Crippen molar-refractivity contribution in [3.05, 3.63) is 107 Å². The lowest BCUT2D eigenvalue weighted by Gasteiger charge is -2.12. The minimum absolute atomic E-state index is 0.150.